The number of rotatable bonds is 13. The molecule has 1 atom stereocenters. The Morgan fingerprint density at radius 2 is 1.44 bits per heavy atom. The van der Waals surface area contributed by atoms with Crippen molar-refractivity contribution in [1.82, 2.24) is 4.72 Å². The first-order valence-electron chi connectivity index (χ1n) is 13.3. The minimum absolute atomic E-state index is 0.0354. The Hall–Kier alpha value is -4.51. The maximum atomic E-state index is 15.4. The van der Waals surface area contributed by atoms with Crippen molar-refractivity contribution in [1.29, 1.82) is 5.26 Å². The number of benzene rings is 2. The van der Waals surface area contributed by atoms with Crippen molar-refractivity contribution in [3.8, 4) is 23.3 Å². The fraction of sp³-hybridized carbons (Fsp3) is 0.320. The van der Waals surface area contributed by atoms with E-state index < -0.39 is 82.5 Å². The van der Waals surface area contributed by atoms with Crippen molar-refractivity contribution in [3.63, 3.8) is 0 Å². The third kappa shape index (κ3) is 12.9. The summed E-state index contributed by atoms with van der Waals surface area (Å²) in [5.41, 5.74) is 6.83. The topological polar surface area (TPSA) is 259 Å². The van der Waals surface area contributed by atoms with Gasteiger partial charge in [0, 0.05) is 16.0 Å². The van der Waals surface area contributed by atoms with Gasteiger partial charge in [0.1, 0.15) is 54.3 Å². The Kier molecular flexibility index (Phi) is 16.9. The molecule has 3 aromatic rings. The molecule has 2 aromatic carbocycles. The van der Waals surface area contributed by atoms with Crippen molar-refractivity contribution in [2.75, 3.05) is 33.0 Å². The molecule has 3 rings (SSSR count). The number of carboxylic acid groups (broad SMARTS) is 2. The number of aliphatic carboxylic acids is 2. The minimum Gasteiger partial charge on any atom is -0.542 e. The molecule has 1 unspecified atom stereocenters. The number of sulfonamides is 1. The number of carbonyl (C=O) groups excluding carboxylic acids is 2. The van der Waals surface area contributed by atoms with E-state index in [1.807, 2.05) is 4.72 Å². The van der Waals surface area contributed by atoms with Gasteiger partial charge in [-0.15, -0.1) is 11.3 Å². The lowest BCUT2D eigenvalue weighted by molar-refractivity contribution is -0.372. The molecule has 0 radical (unpaired) electrons. The summed E-state index contributed by atoms with van der Waals surface area (Å²) in [5.74, 6) is -10.1. The lowest BCUT2D eigenvalue weighted by Gasteiger charge is -2.14. The van der Waals surface area contributed by atoms with Gasteiger partial charge in [0.15, 0.2) is 24.1 Å². The molecule has 0 saturated carbocycles. The lowest BCUT2D eigenvalue weighted by atomic mass is 10.1. The molecule has 0 spiro atoms. The Labute approximate surface area is 290 Å². The van der Waals surface area contributed by atoms with Gasteiger partial charge in [-0.2, -0.15) is 36.3 Å². The summed E-state index contributed by atoms with van der Waals surface area (Å²) in [6, 6.07) is 4.70. The lowest BCUT2D eigenvalue weighted by Crippen LogP contribution is -2.53. The van der Waals surface area contributed by atoms with Crippen molar-refractivity contribution in [2.24, 2.45) is 0 Å². The SMILES string of the molecule is Cc1c(S(=O)(=O)NCO[P+](=O)Oc2ccc(C#N)c(F)c2)sc2c(F)c(OCC[NH3+])c(OCC[NH3+])c(F)c12.O=C([O-])C(F)(F)F.O=C([O-])C(F)(F)F. The molecule has 0 aliphatic rings. The van der Waals surface area contributed by atoms with Crippen molar-refractivity contribution < 1.29 is 102 Å². The number of nitriles is 1. The van der Waals surface area contributed by atoms with E-state index in [0.717, 1.165) is 12.1 Å². The third-order valence-electron chi connectivity index (χ3n) is 5.28. The van der Waals surface area contributed by atoms with Gasteiger partial charge in [-0.25, -0.2) is 26.1 Å². The fourth-order valence-corrected chi connectivity index (χ4v) is 6.45. The summed E-state index contributed by atoms with van der Waals surface area (Å²) in [6.45, 7) is 0.892. The van der Waals surface area contributed by atoms with E-state index >= 15 is 8.78 Å². The first-order chi connectivity index (χ1) is 23.9. The van der Waals surface area contributed by atoms with Crippen LogP contribution in [0.4, 0.5) is 39.5 Å². The van der Waals surface area contributed by atoms with Gasteiger partial charge in [-0.05, 0) is 24.6 Å². The summed E-state index contributed by atoms with van der Waals surface area (Å²) in [4.78, 5) is 17.6. The molecule has 27 heteroatoms. The molecule has 0 saturated heterocycles. The summed E-state index contributed by atoms with van der Waals surface area (Å²) >= 11 is 0.462. The van der Waals surface area contributed by atoms with E-state index in [9.17, 15) is 43.7 Å². The van der Waals surface area contributed by atoms with E-state index in [1.165, 1.54) is 13.0 Å². The highest BCUT2D eigenvalue weighted by atomic mass is 32.2. The number of hydrogen-bond acceptors (Lipinski definition) is 13. The van der Waals surface area contributed by atoms with Crippen LogP contribution in [0.2, 0.25) is 0 Å². The Morgan fingerprint density at radius 1 is 0.962 bits per heavy atom. The molecule has 1 aromatic heterocycles. The van der Waals surface area contributed by atoms with E-state index in [1.54, 1.807) is 6.07 Å². The average molecular weight is 822 g/mol. The van der Waals surface area contributed by atoms with Crippen molar-refractivity contribution in [3.05, 3.63) is 46.8 Å². The summed E-state index contributed by atoms with van der Waals surface area (Å²) in [6.07, 6.45) is -10.4. The number of fused-ring (bicyclic) bond motifs is 1. The van der Waals surface area contributed by atoms with Crippen LogP contribution in [0.1, 0.15) is 11.1 Å². The van der Waals surface area contributed by atoms with Crippen LogP contribution in [0.5, 0.6) is 17.2 Å². The van der Waals surface area contributed by atoms with Gasteiger partial charge in [0.25, 0.3) is 10.0 Å². The molecular formula is C25H23F9N4O11PS2+. The average Bonchev–Trinajstić information content (AvgIpc) is 3.39. The minimum atomic E-state index is -5.19. The molecule has 0 aliphatic carbocycles. The second kappa shape index (κ2) is 19.4. The number of nitrogens with one attached hydrogen (secondary N) is 1. The molecule has 52 heavy (non-hydrogen) atoms. The Morgan fingerprint density at radius 3 is 1.87 bits per heavy atom. The highest BCUT2D eigenvalue weighted by molar-refractivity contribution is 7.91. The van der Waals surface area contributed by atoms with Crippen molar-refractivity contribution in [2.45, 2.75) is 23.5 Å². The van der Waals surface area contributed by atoms with Crippen LogP contribution < -0.4 is 40.4 Å². The summed E-state index contributed by atoms with van der Waals surface area (Å²) in [5, 5.41) is 26.0. The molecule has 1 heterocycles. The monoisotopic (exact) mass is 821 g/mol. The number of halogens is 9. The number of aryl methyl sites for hydroxylation is 1. The Balaban J connectivity index is 0.000000812. The molecule has 0 aliphatic heterocycles. The largest absolute Gasteiger partial charge is 0.751 e. The number of quaternary nitrogens is 2. The van der Waals surface area contributed by atoms with E-state index in [4.69, 9.17) is 43.6 Å². The zero-order valence-corrected chi connectivity index (χ0v) is 28.3. The van der Waals surface area contributed by atoms with E-state index in [2.05, 4.69) is 11.5 Å². The number of alkyl halides is 6. The third-order valence-corrected chi connectivity index (χ3v) is 9.25. The van der Waals surface area contributed by atoms with Gasteiger partial charge in [0.2, 0.25) is 11.5 Å². The molecule has 0 bridgehead atoms. The first-order valence-corrected chi connectivity index (χ1v) is 16.7. The Bertz CT molecular complexity index is 1900. The number of ether oxygens (including phenoxy) is 2. The number of hydrogen-bond donors (Lipinski definition) is 3. The van der Waals surface area contributed by atoms with Crippen LogP contribution in [0.3, 0.4) is 0 Å². The van der Waals surface area contributed by atoms with Crippen LogP contribution >= 0.6 is 19.6 Å². The van der Waals surface area contributed by atoms with Crippen molar-refractivity contribution >= 4 is 51.6 Å². The van der Waals surface area contributed by atoms with Crippen LogP contribution in [0.15, 0.2) is 22.4 Å². The quantitative estimate of drug-likeness (QED) is 0.120. The smallest absolute Gasteiger partial charge is 0.542 e. The zero-order chi connectivity index (χ0) is 40.2. The maximum Gasteiger partial charge on any atom is 0.751 e. The van der Waals surface area contributed by atoms with E-state index in [0.29, 0.717) is 11.3 Å². The van der Waals surface area contributed by atoms with Gasteiger partial charge >= 0.3 is 20.6 Å². The number of carboxylic acids is 2. The predicted molar refractivity (Wildman–Crippen MR) is 151 cm³/mol. The second-order valence-electron chi connectivity index (χ2n) is 8.97. The molecule has 0 fully saturated rings. The molecule has 288 valence electrons. The normalized spacial score (nSPS) is 11.7. The fourth-order valence-electron chi connectivity index (χ4n) is 3.17. The molecule has 0 amide bonds. The predicted octanol–water partition coefficient (Wildman–Crippen LogP) is 0.326. The molecular weight excluding hydrogens is 798 g/mol. The van der Waals surface area contributed by atoms with Crippen LogP contribution in [0.25, 0.3) is 10.1 Å². The van der Waals surface area contributed by atoms with E-state index in [-0.39, 0.29) is 53.3 Å². The number of thiophene rings is 1. The number of nitrogens with zero attached hydrogens (tertiary/aromatic N) is 1. The standard InChI is InChI=1S/C21H21F3N4O7PS2.2C2HF3O2/c1-11-15-16(23)18(32-6-4-25)19(33-7-5-26)17(24)20(15)37-21(11)38(30,31)28-10-34-36(29)35-13-3-2-12(9-27)14(22)8-13;2*3-2(4,5)1(6)7/h2-3,8,28H,4-7,10,25-26H2,1H3;2*(H,6,7)/q+1;;. The zero-order valence-electron chi connectivity index (χ0n) is 25.8. The number of carbonyl (C=O) groups is 2. The van der Waals surface area contributed by atoms with Gasteiger partial charge in [-0.1, -0.05) is 4.52 Å². The summed E-state index contributed by atoms with van der Waals surface area (Å²) in [7, 11) is -7.35. The van der Waals surface area contributed by atoms with Gasteiger partial charge in [-0.3, -0.25) is 0 Å². The first kappa shape index (κ1) is 45.5. The highest BCUT2D eigenvalue weighted by Crippen LogP contribution is 2.46. The van der Waals surface area contributed by atoms with Crippen LogP contribution in [-0.4, -0.2) is 65.7 Å². The maximum absolute atomic E-state index is 15.4. The molecule has 7 N–H and O–H groups in total. The summed E-state index contributed by atoms with van der Waals surface area (Å²) < 4.78 is 167. The van der Waals surface area contributed by atoms with Crippen LogP contribution in [-0.2, 0) is 28.7 Å². The van der Waals surface area contributed by atoms with Gasteiger partial charge in [0.05, 0.1) is 10.3 Å². The van der Waals surface area contributed by atoms with Crippen LogP contribution in [0, 0.1) is 35.7 Å². The van der Waals surface area contributed by atoms with Gasteiger partial charge < -0.3 is 40.7 Å². The molecule has 15 nitrogen and oxygen atoms in total. The highest BCUT2D eigenvalue weighted by Gasteiger charge is 2.32. The second-order valence-corrected chi connectivity index (χ2v) is 12.8.